The van der Waals surface area contributed by atoms with Gasteiger partial charge in [0.25, 0.3) is 5.91 Å². The molecular formula is C13H16ClNO3. The van der Waals surface area contributed by atoms with Crippen molar-refractivity contribution in [3.05, 3.63) is 34.9 Å². The van der Waals surface area contributed by atoms with Crippen LogP contribution in [0.5, 0.6) is 0 Å². The number of alkyl halides is 1. The molecule has 1 aromatic carbocycles. The summed E-state index contributed by atoms with van der Waals surface area (Å²) in [5.41, 5.74) is 2.88. The summed E-state index contributed by atoms with van der Waals surface area (Å²) < 4.78 is 10.2. The van der Waals surface area contributed by atoms with Gasteiger partial charge in [-0.1, -0.05) is 6.07 Å². The minimum Gasteiger partial charge on any atom is -0.383 e. The summed E-state index contributed by atoms with van der Waals surface area (Å²) in [7, 11) is 1.58. The highest BCUT2D eigenvalue weighted by atomic mass is 35.5. The molecule has 1 aliphatic heterocycles. The van der Waals surface area contributed by atoms with Gasteiger partial charge in [0.2, 0.25) is 0 Å². The van der Waals surface area contributed by atoms with E-state index in [2.05, 4.69) is 5.32 Å². The topological polar surface area (TPSA) is 47.6 Å². The van der Waals surface area contributed by atoms with Crippen LogP contribution in [0.25, 0.3) is 0 Å². The molecule has 0 saturated carbocycles. The number of fused-ring (bicyclic) bond motifs is 1. The lowest BCUT2D eigenvalue weighted by Crippen LogP contribution is -2.31. The Hall–Kier alpha value is -1.10. The summed E-state index contributed by atoms with van der Waals surface area (Å²) in [6.45, 7) is 2.02. The first-order valence-electron chi connectivity index (χ1n) is 5.81. The van der Waals surface area contributed by atoms with E-state index < -0.39 is 0 Å². The van der Waals surface area contributed by atoms with Gasteiger partial charge >= 0.3 is 0 Å². The standard InChI is InChI=1S/C13H16ClNO3/c1-17-8-12(14)5-15-13(16)9-2-3-10-6-18-7-11(10)4-9/h2-4,12H,5-8H2,1H3,(H,15,16). The first kappa shape index (κ1) is 13.3. The second-order valence-corrected chi connectivity index (χ2v) is 4.86. The predicted octanol–water partition coefficient (Wildman–Crippen LogP) is 1.70. The van der Waals surface area contributed by atoms with Crippen LogP contribution in [0.1, 0.15) is 21.5 Å². The average Bonchev–Trinajstić information content (AvgIpc) is 2.83. The predicted molar refractivity (Wildman–Crippen MR) is 68.8 cm³/mol. The number of hydrogen-bond acceptors (Lipinski definition) is 3. The van der Waals surface area contributed by atoms with E-state index in [-0.39, 0.29) is 11.3 Å². The third-order valence-electron chi connectivity index (χ3n) is 2.82. The lowest BCUT2D eigenvalue weighted by molar-refractivity contribution is 0.0949. The molecule has 4 nitrogen and oxygen atoms in total. The molecule has 18 heavy (non-hydrogen) atoms. The Morgan fingerprint density at radius 3 is 3.06 bits per heavy atom. The van der Waals surface area contributed by atoms with Crippen molar-refractivity contribution in [1.29, 1.82) is 0 Å². The Labute approximate surface area is 111 Å². The maximum absolute atomic E-state index is 11.9. The van der Waals surface area contributed by atoms with E-state index in [9.17, 15) is 4.79 Å². The summed E-state index contributed by atoms with van der Waals surface area (Å²) >= 11 is 5.95. The Balaban J connectivity index is 1.93. The van der Waals surface area contributed by atoms with Crippen LogP contribution in [0.2, 0.25) is 0 Å². The van der Waals surface area contributed by atoms with Crippen LogP contribution in [0, 0.1) is 0 Å². The van der Waals surface area contributed by atoms with Gasteiger partial charge in [-0.15, -0.1) is 11.6 Å². The van der Waals surface area contributed by atoms with Crippen molar-refractivity contribution in [1.82, 2.24) is 5.32 Å². The van der Waals surface area contributed by atoms with Crippen LogP contribution < -0.4 is 5.32 Å². The molecule has 1 unspecified atom stereocenters. The fourth-order valence-electron chi connectivity index (χ4n) is 1.86. The van der Waals surface area contributed by atoms with E-state index >= 15 is 0 Å². The smallest absolute Gasteiger partial charge is 0.251 e. The minimum absolute atomic E-state index is 0.119. The van der Waals surface area contributed by atoms with Crippen molar-refractivity contribution in [2.24, 2.45) is 0 Å². The number of amides is 1. The molecule has 0 fully saturated rings. The third-order valence-corrected chi connectivity index (χ3v) is 3.10. The molecule has 0 aliphatic carbocycles. The molecule has 0 bridgehead atoms. The quantitative estimate of drug-likeness (QED) is 0.828. The molecule has 2 rings (SSSR count). The maximum atomic E-state index is 11.9. The summed E-state index contributed by atoms with van der Waals surface area (Å²) in [4.78, 5) is 11.9. The Bertz CT molecular complexity index is 436. The second-order valence-electron chi connectivity index (χ2n) is 4.24. The third kappa shape index (κ3) is 3.22. The number of hydrogen-bond donors (Lipinski definition) is 1. The average molecular weight is 270 g/mol. The van der Waals surface area contributed by atoms with Gasteiger partial charge < -0.3 is 14.8 Å². The molecule has 1 aromatic rings. The van der Waals surface area contributed by atoms with Gasteiger partial charge in [-0.3, -0.25) is 4.79 Å². The van der Waals surface area contributed by atoms with Crippen LogP contribution >= 0.6 is 11.6 Å². The van der Waals surface area contributed by atoms with Crippen LogP contribution in [0.3, 0.4) is 0 Å². The minimum atomic E-state index is -0.211. The van der Waals surface area contributed by atoms with Gasteiger partial charge in [0.15, 0.2) is 0 Å². The van der Waals surface area contributed by atoms with Crippen LogP contribution in [0.15, 0.2) is 18.2 Å². The van der Waals surface area contributed by atoms with Gasteiger partial charge in [0, 0.05) is 19.2 Å². The van der Waals surface area contributed by atoms with E-state index in [0.717, 1.165) is 11.1 Å². The number of halogens is 1. The molecule has 1 atom stereocenters. The SMILES string of the molecule is COCC(Cl)CNC(=O)c1ccc2c(c1)COC2. The van der Waals surface area contributed by atoms with Gasteiger partial charge in [-0.05, 0) is 23.3 Å². The zero-order valence-corrected chi connectivity index (χ0v) is 11.0. The van der Waals surface area contributed by atoms with Crippen molar-refractivity contribution in [3.63, 3.8) is 0 Å². The molecule has 0 saturated heterocycles. The van der Waals surface area contributed by atoms with Crippen LogP contribution in [-0.4, -0.2) is 31.5 Å². The first-order valence-corrected chi connectivity index (χ1v) is 6.25. The van der Waals surface area contributed by atoms with Gasteiger partial charge in [-0.25, -0.2) is 0 Å². The molecule has 0 aromatic heterocycles. The summed E-state index contributed by atoms with van der Waals surface area (Å²) in [6, 6.07) is 5.62. The Morgan fingerprint density at radius 2 is 2.28 bits per heavy atom. The first-order chi connectivity index (χ1) is 8.70. The molecule has 0 spiro atoms. The fourth-order valence-corrected chi connectivity index (χ4v) is 2.06. The number of rotatable bonds is 5. The van der Waals surface area contributed by atoms with E-state index in [0.29, 0.717) is 31.9 Å². The highest BCUT2D eigenvalue weighted by Gasteiger charge is 2.14. The van der Waals surface area contributed by atoms with Gasteiger partial charge in [-0.2, -0.15) is 0 Å². The van der Waals surface area contributed by atoms with Gasteiger partial charge in [0.05, 0.1) is 25.2 Å². The molecule has 98 valence electrons. The number of methoxy groups -OCH3 is 1. The second kappa shape index (κ2) is 6.18. The van der Waals surface area contributed by atoms with E-state index in [4.69, 9.17) is 21.1 Å². The summed E-state index contributed by atoms with van der Waals surface area (Å²) in [6.07, 6.45) is 0. The van der Waals surface area contributed by atoms with E-state index in [1.165, 1.54) is 0 Å². The fraction of sp³-hybridized carbons (Fsp3) is 0.462. The van der Waals surface area contributed by atoms with E-state index in [1.54, 1.807) is 7.11 Å². The zero-order valence-electron chi connectivity index (χ0n) is 10.2. The van der Waals surface area contributed by atoms with E-state index in [1.807, 2.05) is 18.2 Å². The van der Waals surface area contributed by atoms with Crippen molar-refractivity contribution in [3.8, 4) is 0 Å². The molecule has 1 amide bonds. The summed E-state index contributed by atoms with van der Waals surface area (Å²) in [5.74, 6) is -0.119. The number of ether oxygens (including phenoxy) is 2. The zero-order chi connectivity index (χ0) is 13.0. The van der Waals surface area contributed by atoms with Gasteiger partial charge in [0.1, 0.15) is 0 Å². The number of benzene rings is 1. The molecule has 1 heterocycles. The Morgan fingerprint density at radius 1 is 1.50 bits per heavy atom. The molecule has 1 aliphatic rings. The molecular weight excluding hydrogens is 254 g/mol. The summed E-state index contributed by atoms with van der Waals surface area (Å²) in [5, 5.41) is 2.57. The normalized spacial score (nSPS) is 15.2. The largest absolute Gasteiger partial charge is 0.383 e. The highest BCUT2D eigenvalue weighted by Crippen LogP contribution is 2.20. The molecule has 0 radical (unpaired) electrons. The van der Waals surface area contributed by atoms with Crippen molar-refractivity contribution < 1.29 is 14.3 Å². The molecule has 1 N–H and O–H groups in total. The number of nitrogens with one attached hydrogen (secondary N) is 1. The van der Waals surface area contributed by atoms with Crippen molar-refractivity contribution in [2.45, 2.75) is 18.6 Å². The van der Waals surface area contributed by atoms with Crippen LogP contribution in [-0.2, 0) is 22.7 Å². The number of carbonyl (C=O) groups is 1. The van der Waals surface area contributed by atoms with Crippen LogP contribution in [0.4, 0.5) is 0 Å². The lowest BCUT2D eigenvalue weighted by atomic mass is 10.1. The Kier molecular flexibility index (Phi) is 4.58. The van der Waals surface area contributed by atoms with Crippen molar-refractivity contribution in [2.75, 3.05) is 20.3 Å². The lowest BCUT2D eigenvalue weighted by Gasteiger charge is -2.10. The maximum Gasteiger partial charge on any atom is 0.251 e. The monoisotopic (exact) mass is 269 g/mol. The highest BCUT2D eigenvalue weighted by molar-refractivity contribution is 6.21. The molecule has 5 heteroatoms. The van der Waals surface area contributed by atoms with Crippen molar-refractivity contribution >= 4 is 17.5 Å². The number of carbonyl (C=O) groups excluding carboxylic acids is 1.